The maximum atomic E-state index is 11.2. The van der Waals surface area contributed by atoms with E-state index in [1.54, 1.807) is 7.11 Å². The van der Waals surface area contributed by atoms with Crippen LogP contribution in [0.15, 0.2) is 29.3 Å². The molecule has 1 aromatic carbocycles. The van der Waals surface area contributed by atoms with E-state index in [0.717, 1.165) is 69.3 Å². The summed E-state index contributed by atoms with van der Waals surface area (Å²) in [6.45, 7) is 8.38. The SMILES string of the molecule is CCNC(=NCc1cccc(NC(C)=O)c1)N1CCC(OCCCOC)CC1.I. The Morgan fingerprint density at radius 1 is 1.28 bits per heavy atom. The number of anilines is 1. The van der Waals surface area contributed by atoms with Gasteiger partial charge in [-0.15, -0.1) is 24.0 Å². The quantitative estimate of drug-likeness (QED) is 0.227. The van der Waals surface area contributed by atoms with E-state index in [9.17, 15) is 4.79 Å². The highest BCUT2D eigenvalue weighted by molar-refractivity contribution is 14.0. The highest BCUT2D eigenvalue weighted by atomic mass is 127. The van der Waals surface area contributed by atoms with Crippen LogP contribution in [0.1, 0.15) is 38.7 Å². The number of amides is 1. The summed E-state index contributed by atoms with van der Waals surface area (Å²) >= 11 is 0. The van der Waals surface area contributed by atoms with Gasteiger partial charge in [-0.25, -0.2) is 4.99 Å². The van der Waals surface area contributed by atoms with Crippen LogP contribution < -0.4 is 10.6 Å². The molecular formula is C21H35IN4O3. The fourth-order valence-corrected chi connectivity index (χ4v) is 3.23. The molecule has 1 saturated heterocycles. The lowest BCUT2D eigenvalue weighted by molar-refractivity contribution is -0.114. The predicted octanol–water partition coefficient (Wildman–Crippen LogP) is 3.25. The first-order chi connectivity index (χ1) is 13.6. The predicted molar refractivity (Wildman–Crippen MR) is 128 cm³/mol. The molecule has 0 unspecified atom stereocenters. The summed E-state index contributed by atoms with van der Waals surface area (Å²) in [7, 11) is 1.72. The molecule has 1 aromatic rings. The fourth-order valence-electron chi connectivity index (χ4n) is 3.23. The first-order valence-electron chi connectivity index (χ1n) is 10.1. The van der Waals surface area contributed by atoms with Gasteiger partial charge in [0.25, 0.3) is 0 Å². The van der Waals surface area contributed by atoms with Gasteiger partial charge in [0, 0.05) is 52.6 Å². The minimum absolute atomic E-state index is 0. The Morgan fingerprint density at radius 2 is 2.03 bits per heavy atom. The average Bonchev–Trinajstić information content (AvgIpc) is 2.69. The molecule has 2 N–H and O–H groups in total. The van der Waals surface area contributed by atoms with E-state index in [1.165, 1.54) is 6.92 Å². The van der Waals surface area contributed by atoms with E-state index in [1.807, 2.05) is 24.3 Å². The highest BCUT2D eigenvalue weighted by Crippen LogP contribution is 2.15. The van der Waals surface area contributed by atoms with Crippen molar-refractivity contribution in [2.75, 3.05) is 45.3 Å². The minimum Gasteiger partial charge on any atom is -0.385 e. The number of carbonyl (C=O) groups is 1. The van der Waals surface area contributed by atoms with Gasteiger partial charge in [0.05, 0.1) is 12.6 Å². The van der Waals surface area contributed by atoms with Crippen molar-refractivity contribution in [1.82, 2.24) is 10.2 Å². The van der Waals surface area contributed by atoms with Crippen LogP contribution in [0.4, 0.5) is 5.69 Å². The van der Waals surface area contributed by atoms with Gasteiger partial charge in [-0.05, 0) is 43.9 Å². The summed E-state index contributed by atoms with van der Waals surface area (Å²) in [4.78, 5) is 18.3. The Bertz CT molecular complexity index is 634. The van der Waals surface area contributed by atoms with Crippen LogP contribution in [0.5, 0.6) is 0 Å². The molecule has 0 aromatic heterocycles. The number of piperidine rings is 1. The van der Waals surface area contributed by atoms with Crippen LogP contribution in [0.3, 0.4) is 0 Å². The molecule has 1 aliphatic rings. The van der Waals surface area contributed by atoms with Gasteiger partial charge in [-0.3, -0.25) is 4.79 Å². The van der Waals surface area contributed by atoms with Crippen molar-refractivity contribution in [3.8, 4) is 0 Å². The van der Waals surface area contributed by atoms with E-state index in [0.29, 0.717) is 12.6 Å². The number of hydrogen-bond acceptors (Lipinski definition) is 4. The zero-order valence-corrected chi connectivity index (χ0v) is 20.1. The summed E-state index contributed by atoms with van der Waals surface area (Å²) in [5.74, 6) is 0.867. The molecule has 0 saturated carbocycles. The number of nitrogens with one attached hydrogen (secondary N) is 2. The number of carbonyl (C=O) groups excluding carboxylic acids is 1. The van der Waals surface area contributed by atoms with Crippen LogP contribution in [-0.2, 0) is 20.8 Å². The zero-order valence-electron chi connectivity index (χ0n) is 17.8. The van der Waals surface area contributed by atoms with Gasteiger partial charge < -0.3 is 25.0 Å². The number of rotatable bonds is 9. The van der Waals surface area contributed by atoms with Gasteiger partial charge in [-0.2, -0.15) is 0 Å². The molecule has 1 heterocycles. The number of guanidine groups is 1. The summed E-state index contributed by atoms with van der Waals surface area (Å²) in [6.07, 6.45) is 3.29. The second kappa shape index (κ2) is 14.6. The lowest BCUT2D eigenvalue weighted by Crippen LogP contribution is -2.47. The highest BCUT2D eigenvalue weighted by Gasteiger charge is 2.21. The number of benzene rings is 1. The maximum Gasteiger partial charge on any atom is 0.221 e. The van der Waals surface area contributed by atoms with Gasteiger partial charge in [0.15, 0.2) is 5.96 Å². The molecule has 0 bridgehead atoms. The minimum atomic E-state index is -0.0682. The average molecular weight is 518 g/mol. The van der Waals surface area contributed by atoms with Crippen molar-refractivity contribution < 1.29 is 14.3 Å². The number of hydrogen-bond donors (Lipinski definition) is 2. The van der Waals surface area contributed by atoms with Gasteiger partial charge in [0.1, 0.15) is 0 Å². The summed E-state index contributed by atoms with van der Waals surface area (Å²) in [5, 5.41) is 6.21. The van der Waals surface area contributed by atoms with Crippen LogP contribution in [0.2, 0.25) is 0 Å². The molecule has 7 nitrogen and oxygen atoms in total. The van der Waals surface area contributed by atoms with Gasteiger partial charge >= 0.3 is 0 Å². The van der Waals surface area contributed by atoms with Crippen molar-refractivity contribution in [3.05, 3.63) is 29.8 Å². The number of methoxy groups -OCH3 is 1. The van der Waals surface area contributed by atoms with Crippen LogP contribution in [0, 0.1) is 0 Å². The number of nitrogens with zero attached hydrogens (tertiary/aromatic N) is 2. The topological polar surface area (TPSA) is 75.2 Å². The molecule has 164 valence electrons. The van der Waals surface area contributed by atoms with Crippen LogP contribution in [-0.4, -0.2) is 62.8 Å². The van der Waals surface area contributed by atoms with E-state index >= 15 is 0 Å². The Morgan fingerprint density at radius 3 is 2.69 bits per heavy atom. The van der Waals surface area contributed by atoms with E-state index < -0.39 is 0 Å². The normalized spacial score (nSPS) is 15.0. The molecule has 8 heteroatoms. The second-order valence-corrected chi connectivity index (χ2v) is 6.96. The Labute approximate surface area is 191 Å². The molecule has 29 heavy (non-hydrogen) atoms. The number of halogens is 1. The molecule has 0 atom stereocenters. The van der Waals surface area contributed by atoms with Crippen molar-refractivity contribution >= 4 is 41.5 Å². The largest absolute Gasteiger partial charge is 0.385 e. The summed E-state index contributed by atoms with van der Waals surface area (Å²) in [5.41, 5.74) is 1.87. The van der Waals surface area contributed by atoms with Crippen molar-refractivity contribution in [2.45, 2.75) is 45.8 Å². The molecular weight excluding hydrogens is 483 g/mol. The molecule has 0 spiro atoms. The first-order valence-corrected chi connectivity index (χ1v) is 10.1. The van der Waals surface area contributed by atoms with E-state index in [4.69, 9.17) is 14.5 Å². The third-order valence-electron chi connectivity index (χ3n) is 4.58. The third-order valence-corrected chi connectivity index (χ3v) is 4.58. The van der Waals surface area contributed by atoms with Gasteiger partial charge in [0.2, 0.25) is 5.91 Å². The molecule has 2 rings (SSSR count). The second-order valence-electron chi connectivity index (χ2n) is 6.96. The first kappa shape index (κ1) is 25.6. The van der Waals surface area contributed by atoms with Crippen LogP contribution >= 0.6 is 24.0 Å². The lowest BCUT2D eigenvalue weighted by atomic mass is 10.1. The van der Waals surface area contributed by atoms with Crippen LogP contribution in [0.25, 0.3) is 0 Å². The third kappa shape index (κ3) is 9.77. The van der Waals surface area contributed by atoms with Crippen molar-refractivity contribution in [2.24, 2.45) is 4.99 Å². The maximum absolute atomic E-state index is 11.2. The lowest BCUT2D eigenvalue weighted by Gasteiger charge is -2.34. The smallest absolute Gasteiger partial charge is 0.221 e. The molecule has 1 amide bonds. The Kier molecular flexibility index (Phi) is 12.9. The van der Waals surface area contributed by atoms with E-state index in [-0.39, 0.29) is 29.9 Å². The molecule has 1 fully saturated rings. The molecule has 0 radical (unpaired) electrons. The van der Waals surface area contributed by atoms with E-state index in [2.05, 4.69) is 22.5 Å². The molecule has 0 aliphatic carbocycles. The standard InChI is InChI=1S/C21H34N4O3.HI/c1-4-22-21(23-16-18-7-5-8-19(15-18)24-17(2)26)25-11-9-20(10-12-25)28-14-6-13-27-3;/h5,7-8,15,20H,4,6,9-14,16H2,1-3H3,(H,22,23)(H,24,26);1H. The fraction of sp³-hybridized carbons (Fsp3) is 0.619. The molecule has 1 aliphatic heterocycles. The zero-order chi connectivity index (χ0) is 20.2. The monoisotopic (exact) mass is 518 g/mol. The van der Waals surface area contributed by atoms with Crippen molar-refractivity contribution in [1.29, 1.82) is 0 Å². The summed E-state index contributed by atoms with van der Waals surface area (Å²) in [6, 6.07) is 7.82. The Hall–Kier alpha value is -1.39. The summed E-state index contributed by atoms with van der Waals surface area (Å²) < 4.78 is 11.0. The number of ether oxygens (including phenoxy) is 2. The van der Waals surface area contributed by atoms with Gasteiger partial charge in [-0.1, -0.05) is 12.1 Å². The Balaban J connectivity index is 0.00000420. The number of likely N-dealkylation sites (tertiary alicyclic amines) is 1. The van der Waals surface area contributed by atoms with Crippen molar-refractivity contribution in [3.63, 3.8) is 0 Å². The number of aliphatic imine (C=N–C) groups is 1.